The van der Waals surface area contributed by atoms with Crippen molar-refractivity contribution in [3.05, 3.63) is 41.0 Å². The van der Waals surface area contributed by atoms with Gasteiger partial charge in [0.05, 0.1) is 7.11 Å². The van der Waals surface area contributed by atoms with Crippen LogP contribution in [0.2, 0.25) is 0 Å². The van der Waals surface area contributed by atoms with Gasteiger partial charge in [0.25, 0.3) is 0 Å². The minimum Gasteiger partial charge on any atom is -0.497 e. The van der Waals surface area contributed by atoms with Crippen molar-refractivity contribution in [3.8, 4) is 5.75 Å². The first-order valence-electron chi connectivity index (χ1n) is 7.78. The molecule has 1 atom stereocenters. The highest BCUT2D eigenvalue weighted by atomic mass is 16.5. The van der Waals surface area contributed by atoms with E-state index < -0.39 is 0 Å². The molecule has 0 saturated heterocycles. The molecule has 110 valence electrons. The zero-order valence-corrected chi connectivity index (χ0v) is 12.8. The van der Waals surface area contributed by atoms with Gasteiger partial charge in [0.2, 0.25) is 0 Å². The van der Waals surface area contributed by atoms with Crippen LogP contribution >= 0.6 is 0 Å². The molecule has 0 radical (unpaired) electrons. The van der Waals surface area contributed by atoms with Gasteiger partial charge in [-0.3, -0.25) is 0 Å². The van der Waals surface area contributed by atoms with Gasteiger partial charge in [0, 0.05) is 0 Å². The smallest absolute Gasteiger partial charge is 0.118 e. The summed E-state index contributed by atoms with van der Waals surface area (Å²) >= 11 is 0. The molecule has 1 aliphatic rings. The molecule has 1 aromatic rings. The van der Waals surface area contributed by atoms with Gasteiger partial charge in [-0.2, -0.15) is 0 Å². The first-order valence-corrected chi connectivity index (χ1v) is 7.78. The van der Waals surface area contributed by atoms with E-state index in [9.17, 15) is 0 Å². The molecule has 0 fully saturated rings. The molecule has 0 spiro atoms. The fraction of sp³-hybridized carbons (Fsp3) is 0.556. The summed E-state index contributed by atoms with van der Waals surface area (Å²) in [7, 11) is 1.71. The largest absolute Gasteiger partial charge is 0.497 e. The standard InChI is InChI=1S/C18H27NO/c1-14(13-15-7-9-17(20-2)10-8-15)18-6-4-3-5-16(18)11-12-19/h7-10,14H,3-6,11-13,19H2,1-2H3/t14-/m1/s1. The van der Waals surface area contributed by atoms with Crippen LogP contribution < -0.4 is 10.5 Å². The van der Waals surface area contributed by atoms with Crippen molar-refractivity contribution in [1.82, 2.24) is 0 Å². The molecule has 2 nitrogen and oxygen atoms in total. The van der Waals surface area contributed by atoms with E-state index in [1.807, 2.05) is 0 Å². The lowest BCUT2D eigenvalue weighted by atomic mass is 9.81. The second-order valence-corrected chi connectivity index (χ2v) is 5.83. The van der Waals surface area contributed by atoms with Gasteiger partial charge in [-0.1, -0.05) is 30.2 Å². The second kappa shape index (κ2) is 7.49. The second-order valence-electron chi connectivity index (χ2n) is 5.83. The summed E-state index contributed by atoms with van der Waals surface area (Å²) in [5.41, 5.74) is 10.5. The normalized spacial score (nSPS) is 17.1. The number of ether oxygens (including phenoxy) is 1. The lowest BCUT2D eigenvalue weighted by molar-refractivity contribution is 0.414. The lowest BCUT2D eigenvalue weighted by Gasteiger charge is -2.25. The van der Waals surface area contributed by atoms with Gasteiger partial charge in [0.15, 0.2) is 0 Å². The van der Waals surface area contributed by atoms with Crippen molar-refractivity contribution in [2.45, 2.75) is 45.4 Å². The molecule has 0 aliphatic heterocycles. The monoisotopic (exact) mass is 273 g/mol. The molecular formula is C18H27NO. The van der Waals surface area contributed by atoms with E-state index >= 15 is 0 Å². The summed E-state index contributed by atoms with van der Waals surface area (Å²) in [6.07, 6.45) is 7.42. The van der Waals surface area contributed by atoms with E-state index in [4.69, 9.17) is 10.5 Å². The Bertz CT molecular complexity index is 447. The van der Waals surface area contributed by atoms with Crippen molar-refractivity contribution >= 4 is 0 Å². The zero-order chi connectivity index (χ0) is 14.4. The Kier molecular flexibility index (Phi) is 5.66. The Morgan fingerprint density at radius 2 is 1.85 bits per heavy atom. The maximum absolute atomic E-state index is 5.76. The van der Waals surface area contributed by atoms with Crippen LogP contribution in [0.3, 0.4) is 0 Å². The Balaban J connectivity index is 2.06. The SMILES string of the molecule is COc1ccc(C[C@@H](C)C2=C(CCN)CCCC2)cc1. The van der Waals surface area contributed by atoms with Gasteiger partial charge >= 0.3 is 0 Å². The van der Waals surface area contributed by atoms with Crippen LogP contribution in [0, 0.1) is 5.92 Å². The summed E-state index contributed by atoms with van der Waals surface area (Å²) in [4.78, 5) is 0. The van der Waals surface area contributed by atoms with Crippen LogP contribution in [-0.4, -0.2) is 13.7 Å². The van der Waals surface area contributed by atoms with Gasteiger partial charge in [0.1, 0.15) is 5.75 Å². The highest BCUT2D eigenvalue weighted by molar-refractivity contribution is 5.29. The topological polar surface area (TPSA) is 35.2 Å². The van der Waals surface area contributed by atoms with E-state index in [0.29, 0.717) is 5.92 Å². The van der Waals surface area contributed by atoms with E-state index in [-0.39, 0.29) is 0 Å². The van der Waals surface area contributed by atoms with Crippen LogP contribution in [-0.2, 0) is 6.42 Å². The van der Waals surface area contributed by atoms with Crippen molar-refractivity contribution < 1.29 is 4.74 Å². The third-order valence-corrected chi connectivity index (χ3v) is 4.37. The van der Waals surface area contributed by atoms with E-state index in [1.165, 1.54) is 31.2 Å². The van der Waals surface area contributed by atoms with Crippen molar-refractivity contribution in [1.29, 1.82) is 0 Å². The minimum absolute atomic E-state index is 0.630. The summed E-state index contributed by atoms with van der Waals surface area (Å²) in [6.45, 7) is 3.15. The van der Waals surface area contributed by atoms with Crippen LogP contribution in [0.25, 0.3) is 0 Å². The molecule has 2 rings (SSSR count). The van der Waals surface area contributed by atoms with E-state index in [2.05, 4.69) is 31.2 Å². The predicted octanol–water partition coefficient (Wildman–Crippen LogP) is 4.09. The third-order valence-electron chi connectivity index (χ3n) is 4.37. The van der Waals surface area contributed by atoms with Gasteiger partial charge < -0.3 is 10.5 Å². The first kappa shape index (κ1) is 15.1. The number of hydrogen-bond donors (Lipinski definition) is 1. The molecule has 1 aromatic carbocycles. The maximum Gasteiger partial charge on any atom is 0.118 e. The number of benzene rings is 1. The molecule has 2 heteroatoms. The molecule has 0 aromatic heterocycles. The third kappa shape index (κ3) is 3.86. The lowest BCUT2D eigenvalue weighted by Crippen LogP contribution is -2.13. The quantitative estimate of drug-likeness (QED) is 0.792. The molecule has 0 amide bonds. The first-order chi connectivity index (χ1) is 9.74. The van der Waals surface area contributed by atoms with E-state index in [0.717, 1.165) is 25.1 Å². The van der Waals surface area contributed by atoms with Crippen LogP contribution in [0.15, 0.2) is 35.4 Å². The molecule has 1 aliphatic carbocycles. The molecule has 0 bridgehead atoms. The van der Waals surface area contributed by atoms with Crippen LogP contribution in [0.5, 0.6) is 5.75 Å². The molecule has 0 heterocycles. The summed E-state index contributed by atoms with van der Waals surface area (Å²) in [5.74, 6) is 1.56. The Morgan fingerprint density at radius 1 is 1.15 bits per heavy atom. The summed E-state index contributed by atoms with van der Waals surface area (Å²) in [6, 6.07) is 8.47. The Labute approximate surface area is 123 Å². The van der Waals surface area contributed by atoms with Crippen molar-refractivity contribution in [2.75, 3.05) is 13.7 Å². The molecule has 2 N–H and O–H groups in total. The number of hydrogen-bond acceptors (Lipinski definition) is 2. The van der Waals surface area contributed by atoms with Gasteiger partial charge in [-0.15, -0.1) is 0 Å². The van der Waals surface area contributed by atoms with Crippen molar-refractivity contribution in [3.63, 3.8) is 0 Å². The Hall–Kier alpha value is -1.28. The predicted molar refractivity (Wildman–Crippen MR) is 85.0 cm³/mol. The molecule has 0 saturated carbocycles. The number of methoxy groups -OCH3 is 1. The average molecular weight is 273 g/mol. The van der Waals surface area contributed by atoms with Crippen LogP contribution in [0.1, 0.15) is 44.6 Å². The van der Waals surface area contributed by atoms with E-state index in [1.54, 1.807) is 18.3 Å². The van der Waals surface area contributed by atoms with Crippen LogP contribution in [0.4, 0.5) is 0 Å². The van der Waals surface area contributed by atoms with Crippen molar-refractivity contribution in [2.24, 2.45) is 11.7 Å². The molecule has 20 heavy (non-hydrogen) atoms. The number of rotatable bonds is 6. The Morgan fingerprint density at radius 3 is 2.50 bits per heavy atom. The highest BCUT2D eigenvalue weighted by Crippen LogP contribution is 2.33. The fourth-order valence-electron chi connectivity index (χ4n) is 3.28. The number of allylic oxidation sites excluding steroid dienone is 1. The zero-order valence-electron chi connectivity index (χ0n) is 12.8. The minimum atomic E-state index is 0.630. The molecular weight excluding hydrogens is 246 g/mol. The maximum atomic E-state index is 5.76. The van der Waals surface area contributed by atoms with Gasteiger partial charge in [-0.25, -0.2) is 0 Å². The molecule has 0 unspecified atom stereocenters. The highest BCUT2D eigenvalue weighted by Gasteiger charge is 2.17. The number of nitrogens with two attached hydrogens (primary N) is 1. The van der Waals surface area contributed by atoms with Gasteiger partial charge in [-0.05, 0) is 68.7 Å². The fourth-order valence-corrected chi connectivity index (χ4v) is 3.28. The average Bonchev–Trinajstić information content (AvgIpc) is 2.49. The summed E-state index contributed by atoms with van der Waals surface area (Å²) < 4.78 is 5.22. The summed E-state index contributed by atoms with van der Waals surface area (Å²) in [5, 5.41) is 0.